The summed E-state index contributed by atoms with van der Waals surface area (Å²) >= 11 is 8.20. The summed E-state index contributed by atoms with van der Waals surface area (Å²) in [5.41, 5.74) is 4.04. The summed E-state index contributed by atoms with van der Waals surface area (Å²) in [4.78, 5) is 13.9. The van der Waals surface area contributed by atoms with E-state index in [1.54, 1.807) is 11.3 Å². The molecule has 0 fully saturated rings. The van der Waals surface area contributed by atoms with E-state index >= 15 is 0 Å². The van der Waals surface area contributed by atoms with Crippen molar-refractivity contribution in [3.8, 4) is 33.9 Å². The molecule has 0 amide bonds. The third-order valence-corrected chi connectivity index (χ3v) is 6.81. The number of hydrogen-bond acceptors (Lipinski definition) is 4. The largest absolute Gasteiger partial charge is 0.226 e. The summed E-state index contributed by atoms with van der Waals surface area (Å²) in [5, 5.41) is 2.54. The number of hydrogen-bond donors (Lipinski definition) is 0. The molecular weight excluding hydrogens is 434 g/mol. The van der Waals surface area contributed by atoms with E-state index in [1.807, 2.05) is 42.5 Å². The molecule has 0 aliphatic rings. The van der Waals surface area contributed by atoms with Crippen LogP contribution in [-0.4, -0.2) is 15.0 Å². The standard InChI is InChI=1S/C27H16ClN3S/c28-27-30-25(19-12-5-4-11-18(19)17-9-2-1-3-10-17)29-26(31-27)21-14-8-16-23-24(21)20-13-6-7-15-22(20)32-23/h1-16H. The highest BCUT2D eigenvalue weighted by Crippen LogP contribution is 2.39. The van der Waals surface area contributed by atoms with E-state index in [1.165, 1.54) is 14.8 Å². The average Bonchev–Trinajstić information content (AvgIpc) is 3.23. The lowest BCUT2D eigenvalue weighted by atomic mass is 9.99. The zero-order valence-electron chi connectivity index (χ0n) is 16.9. The molecule has 0 aliphatic carbocycles. The second-order valence-electron chi connectivity index (χ2n) is 7.44. The Labute approximate surface area is 194 Å². The molecule has 0 atom stereocenters. The Balaban J connectivity index is 1.59. The van der Waals surface area contributed by atoms with Crippen LogP contribution in [0.1, 0.15) is 0 Å². The summed E-state index contributed by atoms with van der Waals surface area (Å²) in [6.45, 7) is 0. The van der Waals surface area contributed by atoms with Crippen LogP contribution in [0.3, 0.4) is 0 Å². The van der Waals surface area contributed by atoms with Crippen LogP contribution in [0.2, 0.25) is 5.28 Å². The number of nitrogens with zero attached hydrogens (tertiary/aromatic N) is 3. The normalized spacial score (nSPS) is 11.3. The number of rotatable bonds is 3. The van der Waals surface area contributed by atoms with Crippen LogP contribution in [0.4, 0.5) is 0 Å². The fourth-order valence-electron chi connectivity index (χ4n) is 4.10. The number of halogens is 1. The van der Waals surface area contributed by atoms with Gasteiger partial charge in [0.1, 0.15) is 0 Å². The highest BCUT2D eigenvalue weighted by molar-refractivity contribution is 7.25. The van der Waals surface area contributed by atoms with Crippen LogP contribution in [0.15, 0.2) is 97.1 Å². The van der Waals surface area contributed by atoms with Crippen molar-refractivity contribution in [1.82, 2.24) is 15.0 Å². The highest BCUT2D eigenvalue weighted by Gasteiger charge is 2.17. The average molecular weight is 450 g/mol. The van der Waals surface area contributed by atoms with Gasteiger partial charge in [-0.05, 0) is 34.9 Å². The van der Waals surface area contributed by atoms with Gasteiger partial charge in [0, 0.05) is 31.3 Å². The topological polar surface area (TPSA) is 38.7 Å². The summed E-state index contributed by atoms with van der Waals surface area (Å²) < 4.78 is 2.44. The zero-order chi connectivity index (χ0) is 21.5. The minimum atomic E-state index is 0.185. The highest BCUT2D eigenvalue weighted by atomic mass is 35.5. The van der Waals surface area contributed by atoms with Gasteiger partial charge >= 0.3 is 0 Å². The quantitative estimate of drug-likeness (QED) is 0.275. The molecule has 6 rings (SSSR count). The smallest absolute Gasteiger partial charge is 0.208 e. The molecule has 5 heteroatoms. The van der Waals surface area contributed by atoms with E-state index in [2.05, 4.69) is 64.6 Å². The molecule has 3 nitrogen and oxygen atoms in total. The summed E-state index contributed by atoms with van der Waals surface area (Å²) in [6.07, 6.45) is 0. The molecule has 0 spiro atoms. The first kappa shape index (κ1) is 19.1. The summed E-state index contributed by atoms with van der Waals surface area (Å²) in [6, 6.07) is 33.0. The van der Waals surface area contributed by atoms with Gasteiger partial charge in [-0.3, -0.25) is 0 Å². The maximum Gasteiger partial charge on any atom is 0.226 e. The Hall–Kier alpha value is -3.60. The molecule has 0 N–H and O–H groups in total. The van der Waals surface area contributed by atoms with Crippen molar-refractivity contribution >= 4 is 43.1 Å². The molecule has 0 aliphatic heterocycles. The fraction of sp³-hybridized carbons (Fsp3) is 0. The van der Waals surface area contributed by atoms with Gasteiger partial charge in [0.2, 0.25) is 5.28 Å². The van der Waals surface area contributed by atoms with Crippen LogP contribution in [-0.2, 0) is 0 Å². The first-order valence-corrected chi connectivity index (χ1v) is 11.4. The molecule has 2 aromatic heterocycles. The monoisotopic (exact) mass is 449 g/mol. The van der Waals surface area contributed by atoms with E-state index in [0.717, 1.165) is 27.6 Å². The van der Waals surface area contributed by atoms with Crippen LogP contribution in [0.5, 0.6) is 0 Å². The second-order valence-corrected chi connectivity index (χ2v) is 8.86. The molecule has 0 saturated heterocycles. The minimum absolute atomic E-state index is 0.185. The van der Waals surface area contributed by atoms with Gasteiger partial charge < -0.3 is 0 Å². The second kappa shape index (κ2) is 7.83. The van der Waals surface area contributed by atoms with Crippen molar-refractivity contribution in [2.24, 2.45) is 0 Å². The predicted octanol–water partition coefficient (Wildman–Crippen LogP) is 7.89. The van der Waals surface area contributed by atoms with E-state index in [-0.39, 0.29) is 5.28 Å². The summed E-state index contributed by atoms with van der Waals surface area (Å²) in [5.74, 6) is 1.15. The fourth-order valence-corrected chi connectivity index (χ4v) is 5.39. The first-order valence-electron chi connectivity index (χ1n) is 10.2. The first-order chi connectivity index (χ1) is 15.8. The number of aromatic nitrogens is 3. The Morgan fingerprint density at radius 3 is 2.00 bits per heavy atom. The molecule has 0 radical (unpaired) electrons. The van der Waals surface area contributed by atoms with Crippen molar-refractivity contribution in [3.63, 3.8) is 0 Å². The van der Waals surface area contributed by atoms with Gasteiger partial charge in [-0.15, -0.1) is 11.3 Å². The van der Waals surface area contributed by atoms with Crippen molar-refractivity contribution in [1.29, 1.82) is 0 Å². The summed E-state index contributed by atoms with van der Waals surface area (Å²) in [7, 11) is 0. The molecular formula is C27H16ClN3S. The van der Waals surface area contributed by atoms with Crippen molar-refractivity contribution in [3.05, 3.63) is 102 Å². The van der Waals surface area contributed by atoms with Crippen molar-refractivity contribution in [2.75, 3.05) is 0 Å². The SMILES string of the molecule is Clc1nc(-c2ccccc2-c2ccccc2)nc(-c2cccc3sc4ccccc4c23)n1. The Bertz CT molecular complexity index is 1590. The molecule has 0 bridgehead atoms. The number of thiophene rings is 1. The van der Waals surface area contributed by atoms with Crippen LogP contribution >= 0.6 is 22.9 Å². The van der Waals surface area contributed by atoms with Crippen LogP contribution < -0.4 is 0 Å². The lowest BCUT2D eigenvalue weighted by Crippen LogP contribution is -1.98. The minimum Gasteiger partial charge on any atom is -0.208 e. The molecule has 152 valence electrons. The molecule has 6 aromatic rings. The maximum absolute atomic E-state index is 6.43. The van der Waals surface area contributed by atoms with Crippen molar-refractivity contribution < 1.29 is 0 Å². The number of fused-ring (bicyclic) bond motifs is 3. The molecule has 0 saturated carbocycles. The Morgan fingerprint density at radius 1 is 0.531 bits per heavy atom. The Kier molecular flexibility index (Phi) is 4.67. The Morgan fingerprint density at radius 2 is 1.16 bits per heavy atom. The van der Waals surface area contributed by atoms with E-state index in [0.29, 0.717) is 11.6 Å². The molecule has 32 heavy (non-hydrogen) atoms. The van der Waals surface area contributed by atoms with Crippen LogP contribution in [0.25, 0.3) is 54.1 Å². The lowest BCUT2D eigenvalue weighted by molar-refractivity contribution is 1.07. The van der Waals surface area contributed by atoms with Gasteiger partial charge in [-0.1, -0.05) is 84.9 Å². The van der Waals surface area contributed by atoms with Gasteiger partial charge in [-0.25, -0.2) is 4.98 Å². The molecule has 4 aromatic carbocycles. The van der Waals surface area contributed by atoms with Gasteiger partial charge in [0.15, 0.2) is 11.6 Å². The van der Waals surface area contributed by atoms with E-state index < -0.39 is 0 Å². The number of benzene rings is 4. The third-order valence-electron chi connectivity index (χ3n) is 5.50. The zero-order valence-corrected chi connectivity index (χ0v) is 18.4. The van der Waals surface area contributed by atoms with Gasteiger partial charge in [0.05, 0.1) is 0 Å². The van der Waals surface area contributed by atoms with Gasteiger partial charge in [-0.2, -0.15) is 9.97 Å². The van der Waals surface area contributed by atoms with Crippen molar-refractivity contribution in [2.45, 2.75) is 0 Å². The third kappa shape index (κ3) is 3.25. The van der Waals surface area contributed by atoms with Gasteiger partial charge in [0.25, 0.3) is 0 Å². The van der Waals surface area contributed by atoms with Crippen LogP contribution in [0, 0.1) is 0 Å². The molecule has 2 heterocycles. The predicted molar refractivity (Wildman–Crippen MR) is 134 cm³/mol. The molecule has 0 unspecified atom stereocenters. The lowest BCUT2D eigenvalue weighted by Gasteiger charge is -2.10. The van der Waals surface area contributed by atoms with E-state index in [9.17, 15) is 0 Å². The maximum atomic E-state index is 6.43. The van der Waals surface area contributed by atoms with E-state index in [4.69, 9.17) is 16.6 Å².